The van der Waals surface area contributed by atoms with Crippen molar-refractivity contribution in [3.05, 3.63) is 0 Å². The van der Waals surface area contributed by atoms with Gasteiger partial charge < -0.3 is 9.84 Å². The predicted octanol–water partition coefficient (Wildman–Crippen LogP) is -0.864. The van der Waals surface area contributed by atoms with E-state index in [0.29, 0.717) is 6.42 Å². The summed E-state index contributed by atoms with van der Waals surface area (Å²) in [5.41, 5.74) is 0. The molecule has 1 heterocycles. The Labute approximate surface area is 92.4 Å². The molecule has 1 aliphatic heterocycles. The molecule has 1 atom stereocenters. The number of nitrogens with one attached hydrogen (secondary N) is 1. The Bertz CT molecular complexity index is 392. The van der Waals surface area contributed by atoms with Crippen LogP contribution in [0.1, 0.15) is 12.8 Å². The van der Waals surface area contributed by atoms with Gasteiger partial charge in [0, 0.05) is 6.54 Å². The van der Waals surface area contributed by atoms with Crippen LogP contribution in [0.3, 0.4) is 0 Å². The molecule has 2 N–H and O–H groups in total. The molecule has 9 heteroatoms. The van der Waals surface area contributed by atoms with Crippen LogP contribution in [0.5, 0.6) is 0 Å². The summed E-state index contributed by atoms with van der Waals surface area (Å²) in [6.45, 7) is 0.0727. The molecule has 0 aromatic heterocycles. The van der Waals surface area contributed by atoms with E-state index in [0.717, 1.165) is 11.4 Å². The molecule has 0 aliphatic carbocycles. The lowest BCUT2D eigenvalue weighted by atomic mass is 10.2. The molecule has 1 saturated heterocycles. The number of ether oxygens (including phenoxy) is 1. The number of methoxy groups -OCH3 is 1. The third-order valence-electron chi connectivity index (χ3n) is 2.20. The zero-order valence-corrected chi connectivity index (χ0v) is 9.36. The van der Waals surface area contributed by atoms with Crippen LogP contribution >= 0.6 is 0 Å². The van der Waals surface area contributed by atoms with E-state index in [2.05, 4.69) is 4.74 Å². The summed E-state index contributed by atoms with van der Waals surface area (Å²) in [6.07, 6.45) is -0.466. The zero-order chi connectivity index (χ0) is 12.3. The standard InChI is InChI=1S/C7H12N2O6S/c1-15-7(12)8-16(13,14)9-4-2-3-5(9)6(10)11/h5H,2-4H2,1H3,(H,8,12)(H,10,11)/t5-/m1/s1. The van der Waals surface area contributed by atoms with E-state index in [4.69, 9.17) is 5.11 Å². The fraction of sp³-hybridized carbons (Fsp3) is 0.714. The average molecular weight is 252 g/mol. The monoisotopic (exact) mass is 252 g/mol. The summed E-state index contributed by atoms with van der Waals surface area (Å²) in [7, 11) is -3.12. The predicted molar refractivity (Wildman–Crippen MR) is 51.8 cm³/mol. The van der Waals surface area contributed by atoms with E-state index in [1.165, 1.54) is 0 Å². The number of amides is 1. The molecule has 1 aliphatic rings. The van der Waals surface area contributed by atoms with Gasteiger partial charge in [0.05, 0.1) is 7.11 Å². The maximum atomic E-state index is 11.6. The van der Waals surface area contributed by atoms with Gasteiger partial charge in [-0.25, -0.2) is 9.52 Å². The molecule has 0 spiro atoms. The Morgan fingerprint density at radius 3 is 2.62 bits per heavy atom. The first-order valence-corrected chi connectivity index (χ1v) is 5.93. The highest BCUT2D eigenvalue weighted by Gasteiger charge is 2.39. The Kier molecular flexibility index (Phi) is 3.70. The fourth-order valence-electron chi connectivity index (χ4n) is 1.48. The van der Waals surface area contributed by atoms with Gasteiger partial charge in [0.15, 0.2) is 0 Å². The van der Waals surface area contributed by atoms with Crippen LogP contribution in [0, 0.1) is 0 Å². The van der Waals surface area contributed by atoms with Gasteiger partial charge in [-0.05, 0) is 12.8 Å². The number of carboxylic acid groups (broad SMARTS) is 1. The Balaban J connectivity index is 2.83. The SMILES string of the molecule is COC(=O)NS(=O)(=O)N1CCC[C@@H]1C(=O)O. The topological polar surface area (TPSA) is 113 Å². The van der Waals surface area contributed by atoms with Crippen molar-refractivity contribution >= 4 is 22.3 Å². The number of hydrogen-bond acceptors (Lipinski definition) is 5. The van der Waals surface area contributed by atoms with E-state index in [1.54, 1.807) is 4.72 Å². The third-order valence-corrected chi connectivity index (χ3v) is 3.67. The van der Waals surface area contributed by atoms with Crippen LogP contribution < -0.4 is 4.72 Å². The van der Waals surface area contributed by atoms with Crippen molar-refractivity contribution in [2.45, 2.75) is 18.9 Å². The molecule has 0 radical (unpaired) electrons. The van der Waals surface area contributed by atoms with Gasteiger partial charge in [0.1, 0.15) is 6.04 Å². The number of nitrogens with zero attached hydrogens (tertiary/aromatic N) is 1. The van der Waals surface area contributed by atoms with Crippen molar-refractivity contribution < 1.29 is 27.9 Å². The van der Waals surface area contributed by atoms with Crippen LogP contribution in [-0.2, 0) is 19.7 Å². The lowest BCUT2D eigenvalue weighted by Gasteiger charge is -2.20. The summed E-state index contributed by atoms with van der Waals surface area (Å²) >= 11 is 0. The minimum Gasteiger partial charge on any atom is -0.480 e. The molecule has 0 aromatic carbocycles. The van der Waals surface area contributed by atoms with Gasteiger partial charge in [0.2, 0.25) is 0 Å². The fourth-order valence-corrected chi connectivity index (χ4v) is 2.79. The van der Waals surface area contributed by atoms with Crippen molar-refractivity contribution in [2.24, 2.45) is 0 Å². The van der Waals surface area contributed by atoms with Crippen LogP contribution in [0.2, 0.25) is 0 Å². The van der Waals surface area contributed by atoms with Crippen molar-refractivity contribution in [2.75, 3.05) is 13.7 Å². The highest BCUT2D eigenvalue weighted by Crippen LogP contribution is 2.20. The molecule has 92 valence electrons. The zero-order valence-electron chi connectivity index (χ0n) is 8.54. The van der Waals surface area contributed by atoms with Gasteiger partial charge in [-0.15, -0.1) is 0 Å². The number of carbonyl (C=O) groups is 2. The van der Waals surface area contributed by atoms with Crippen molar-refractivity contribution in [1.29, 1.82) is 0 Å². The maximum Gasteiger partial charge on any atom is 0.421 e. The molecule has 0 unspecified atom stereocenters. The lowest BCUT2D eigenvalue weighted by Crippen LogP contribution is -2.48. The minimum absolute atomic E-state index is 0.0727. The molecule has 16 heavy (non-hydrogen) atoms. The van der Waals surface area contributed by atoms with Crippen molar-refractivity contribution in [1.82, 2.24) is 9.03 Å². The molecule has 1 fully saturated rings. The molecule has 0 saturated carbocycles. The van der Waals surface area contributed by atoms with Crippen LogP contribution in [0.4, 0.5) is 4.79 Å². The highest BCUT2D eigenvalue weighted by molar-refractivity contribution is 7.87. The van der Waals surface area contributed by atoms with E-state index in [-0.39, 0.29) is 13.0 Å². The van der Waals surface area contributed by atoms with Crippen molar-refractivity contribution in [3.63, 3.8) is 0 Å². The second-order valence-corrected chi connectivity index (χ2v) is 4.83. The first-order chi connectivity index (χ1) is 7.38. The molecular weight excluding hydrogens is 240 g/mol. The van der Waals surface area contributed by atoms with E-state index in [9.17, 15) is 18.0 Å². The van der Waals surface area contributed by atoms with E-state index >= 15 is 0 Å². The Morgan fingerprint density at radius 1 is 1.50 bits per heavy atom. The van der Waals surface area contributed by atoms with Crippen molar-refractivity contribution in [3.8, 4) is 0 Å². The smallest absolute Gasteiger partial charge is 0.421 e. The van der Waals surface area contributed by atoms with Gasteiger partial charge >= 0.3 is 22.3 Å². The van der Waals surface area contributed by atoms with Crippen LogP contribution in [0.15, 0.2) is 0 Å². The molecule has 1 amide bonds. The van der Waals surface area contributed by atoms with Gasteiger partial charge in [-0.2, -0.15) is 12.7 Å². The summed E-state index contributed by atoms with van der Waals surface area (Å²) in [5, 5.41) is 8.79. The average Bonchev–Trinajstić information content (AvgIpc) is 2.65. The van der Waals surface area contributed by atoms with E-state index < -0.39 is 28.3 Å². The molecular formula is C7H12N2O6S. The molecule has 1 rings (SSSR count). The number of aliphatic carboxylic acids is 1. The summed E-state index contributed by atoms with van der Waals surface area (Å²) in [6, 6.07) is -1.12. The quantitative estimate of drug-likeness (QED) is 0.675. The number of carboxylic acids is 1. The largest absolute Gasteiger partial charge is 0.480 e. The van der Waals surface area contributed by atoms with Gasteiger partial charge in [-0.1, -0.05) is 0 Å². The number of hydrogen-bond donors (Lipinski definition) is 2. The summed E-state index contributed by atoms with van der Waals surface area (Å²) in [5.74, 6) is -1.23. The molecule has 0 aromatic rings. The second-order valence-electron chi connectivity index (χ2n) is 3.21. The third kappa shape index (κ3) is 2.61. The minimum atomic E-state index is -4.14. The Hall–Kier alpha value is -1.35. The molecule has 8 nitrogen and oxygen atoms in total. The van der Waals surface area contributed by atoms with Gasteiger partial charge in [-0.3, -0.25) is 4.79 Å². The summed E-state index contributed by atoms with van der Waals surface area (Å²) < 4.78 is 29.6. The number of carbonyl (C=O) groups excluding carboxylic acids is 1. The first-order valence-electron chi connectivity index (χ1n) is 4.49. The normalized spacial score (nSPS) is 21.7. The van der Waals surface area contributed by atoms with Crippen LogP contribution in [-0.4, -0.2) is 49.6 Å². The molecule has 0 bridgehead atoms. The summed E-state index contributed by atoms with van der Waals surface area (Å²) in [4.78, 5) is 21.5. The van der Waals surface area contributed by atoms with Crippen LogP contribution in [0.25, 0.3) is 0 Å². The second kappa shape index (κ2) is 4.66. The first kappa shape index (κ1) is 12.7. The maximum absolute atomic E-state index is 11.6. The highest BCUT2D eigenvalue weighted by atomic mass is 32.2. The van der Waals surface area contributed by atoms with Gasteiger partial charge in [0.25, 0.3) is 0 Å². The van der Waals surface area contributed by atoms with E-state index in [1.807, 2.05) is 0 Å². The lowest BCUT2D eigenvalue weighted by molar-refractivity contribution is -0.140. The number of rotatable bonds is 3. The Morgan fingerprint density at radius 2 is 2.12 bits per heavy atom.